The van der Waals surface area contributed by atoms with Crippen molar-refractivity contribution in [3.05, 3.63) is 33.2 Å². The van der Waals surface area contributed by atoms with Crippen molar-refractivity contribution in [2.45, 2.75) is 46.1 Å². The predicted octanol–water partition coefficient (Wildman–Crippen LogP) is 2.75. The van der Waals surface area contributed by atoms with Crippen LogP contribution in [-0.4, -0.2) is 46.0 Å². The van der Waals surface area contributed by atoms with Gasteiger partial charge in [0.1, 0.15) is 11.6 Å². The summed E-state index contributed by atoms with van der Waals surface area (Å²) in [4.78, 5) is 20.2. The topological polar surface area (TPSA) is 45.2 Å². The largest absolute Gasteiger partial charge is 0.354 e. The van der Waals surface area contributed by atoms with Crippen LogP contribution in [0.5, 0.6) is 0 Å². The molecule has 3 heterocycles. The van der Waals surface area contributed by atoms with E-state index in [9.17, 15) is 0 Å². The average Bonchev–Trinajstić information content (AvgIpc) is 3.00. The molecular formula is C18H25N5S. The van der Waals surface area contributed by atoms with Crippen LogP contribution in [0.25, 0.3) is 0 Å². The Morgan fingerprint density at radius 2 is 1.83 bits per heavy atom. The molecule has 0 saturated carbocycles. The summed E-state index contributed by atoms with van der Waals surface area (Å²) in [5, 5.41) is 1.16. The second-order valence-corrected chi connectivity index (χ2v) is 8.15. The minimum absolute atomic E-state index is 0.924. The van der Waals surface area contributed by atoms with Crippen molar-refractivity contribution in [2.24, 2.45) is 0 Å². The summed E-state index contributed by atoms with van der Waals surface area (Å²) in [5.41, 5.74) is 2.71. The Balaban J connectivity index is 1.45. The lowest BCUT2D eigenvalue weighted by atomic mass is 9.96. The molecule has 1 saturated heterocycles. The molecule has 0 atom stereocenters. The van der Waals surface area contributed by atoms with E-state index in [0.29, 0.717) is 0 Å². The molecule has 1 aliphatic heterocycles. The number of nitrogens with zero attached hydrogens (tertiary/aromatic N) is 5. The molecule has 2 aromatic rings. The molecule has 24 heavy (non-hydrogen) atoms. The quantitative estimate of drug-likeness (QED) is 0.857. The highest BCUT2D eigenvalue weighted by molar-refractivity contribution is 7.11. The highest BCUT2D eigenvalue weighted by atomic mass is 32.1. The minimum atomic E-state index is 0.924. The van der Waals surface area contributed by atoms with Gasteiger partial charge in [0, 0.05) is 55.1 Å². The Bertz CT molecular complexity index is 718. The van der Waals surface area contributed by atoms with Crippen molar-refractivity contribution in [1.82, 2.24) is 19.9 Å². The molecule has 2 aliphatic rings. The highest BCUT2D eigenvalue weighted by Gasteiger charge is 2.24. The van der Waals surface area contributed by atoms with Gasteiger partial charge in [0.25, 0.3) is 0 Å². The number of hydrogen-bond donors (Lipinski definition) is 0. The van der Waals surface area contributed by atoms with Gasteiger partial charge in [-0.2, -0.15) is 0 Å². The van der Waals surface area contributed by atoms with E-state index >= 15 is 0 Å². The summed E-state index contributed by atoms with van der Waals surface area (Å²) in [5.74, 6) is 2.14. The standard InChI is InChI=1S/C18H25N5S/c1-13-20-17-6-4-3-5-16(17)18(21-13)23-9-7-22(8-10-23)12-15-11-19-14(2)24-15/h11H,3-10,12H2,1-2H3. The van der Waals surface area contributed by atoms with E-state index in [4.69, 9.17) is 4.98 Å². The fourth-order valence-electron chi connectivity index (χ4n) is 3.77. The first-order valence-corrected chi connectivity index (χ1v) is 9.76. The molecule has 0 bridgehead atoms. The summed E-state index contributed by atoms with van der Waals surface area (Å²) in [6.07, 6.45) is 6.83. The van der Waals surface area contributed by atoms with Crippen LogP contribution in [0.2, 0.25) is 0 Å². The molecule has 5 nitrogen and oxygen atoms in total. The molecule has 0 N–H and O–H groups in total. The van der Waals surface area contributed by atoms with Crippen LogP contribution < -0.4 is 4.90 Å². The van der Waals surface area contributed by atoms with E-state index in [-0.39, 0.29) is 0 Å². The molecule has 1 fully saturated rings. The molecule has 2 aromatic heterocycles. The van der Waals surface area contributed by atoms with E-state index in [2.05, 4.69) is 26.7 Å². The third-order valence-corrected chi connectivity index (χ3v) is 5.89. The smallest absolute Gasteiger partial charge is 0.135 e. The van der Waals surface area contributed by atoms with E-state index in [1.165, 1.54) is 34.8 Å². The van der Waals surface area contributed by atoms with Crippen molar-refractivity contribution >= 4 is 17.2 Å². The van der Waals surface area contributed by atoms with Gasteiger partial charge in [-0.15, -0.1) is 11.3 Å². The monoisotopic (exact) mass is 343 g/mol. The van der Waals surface area contributed by atoms with Crippen LogP contribution in [0.4, 0.5) is 5.82 Å². The summed E-state index contributed by atoms with van der Waals surface area (Å²) in [7, 11) is 0. The predicted molar refractivity (Wildman–Crippen MR) is 97.8 cm³/mol. The lowest BCUT2D eigenvalue weighted by Crippen LogP contribution is -2.46. The number of rotatable bonds is 3. The fraction of sp³-hybridized carbons (Fsp3) is 0.611. The zero-order chi connectivity index (χ0) is 16.5. The normalized spacial score (nSPS) is 18.7. The molecule has 128 valence electrons. The van der Waals surface area contributed by atoms with Gasteiger partial charge in [-0.3, -0.25) is 4.90 Å². The summed E-state index contributed by atoms with van der Waals surface area (Å²) >= 11 is 1.81. The maximum atomic E-state index is 4.81. The number of aromatic nitrogens is 3. The van der Waals surface area contributed by atoms with Gasteiger partial charge in [-0.25, -0.2) is 15.0 Å². The first-order chi connectivity index (χ1) is 11.7. The highest BCUT2D eigenvalue weighted by Crippen LogP contribution is 2.29. The van der Waals surface area contributed by atoms with Crippen molar-refractivity contribution in [1.29, 1.82) is 0 Å². The second-order valence-electron chi connectivity index (χ2n) is 6.84. The Morgan fingerprint density at radius 1 is 1.04 bits per heavy atom. The third-order valence-electron chi connectivity index (χ3n) is 4.99. The van der Waals surface area contributed by atoms with Gasteiger partial charge in [-0.05, 0) is 39.5 Å². The SMILES string of the molecule is Cc1nc2c(c(N3CCN(Cc4cnc(C)s4)CC3)n1)CCCC2. The Labute approximate surface area is 147 Å². The van der Waals surface area contributed by atoms with Gasteiger partial charge in [0.15, 0.2) is 0 Å². The van der Waals surface area contributed by atoms with E-state index in [1.807, 2.05) is 24.5 Å². The second kappa shape index (κ2) is 6.76. The summed E-state index contributed by atoms with van der Waals surface area (Å²) < 4.78 is 0. The van der Waals surface area contributed by atoms with Crippen LogP contribution >= 0.6 is 11.3 Å². The van der Waals surface area contributed by atoms with Gasteiger partial charge in [-0.1, -0.05) is 0 Å². The lowest BCUT2D eigenvalue weighted by Gasteiger charge is -2.36. The maximum Gasteiger partial charge on any atom is 0.135 e. The molecule has 1 aliphatic carbocycles. The number of piperazine rings is 1. The first kappa shape index (κ1) is 16.0. The molecule has 0 radical (unpaired) electrons. The molecule has 0 unspecified atom stereocenters. The molecule has 0 aromatic carbocycles. The van der Waals surface area contributed by atoms with E-state index in [0.717, 1.165) is 56.4 Å². The van der Waals surface area contributed by atoms with Crippen LogP contribution in [0.1, 0.15) is 39.8 Å². The molecule has 6 heteroatoms. The maximum absolute atomic E-state index is 4.81. The van der Waals surface area contributed by atoms with Crippen molar-refractivity contribution in [3.8, 4) is 0 Å². The number of aryl methyl sites for hydroxylation is 3. The molecule has 4 rings (SSSR count). The van der Waals surface area contributed by atoms with Crippen molar-refractivity contribution < 1.29 is 0 Å². The number of fused-ring (bicyclic) bond motifs is 1. The van der Waals surface area contributed by atoms with Gasteiger partial charge >= 0.3 is 0 Å². The lowest BCUT2D eigenvalue weighted by molar-refractivity contribution is 0.251. The molecule has 0 spiro atoms. The first-order valence-electron chi connectivity index (χ1n) is 8.94. The van der Waals surface area contributed by atoms with Crippen LogP contribution in [0.3, 0.4) is 0 Å². The zero-order valence-corrected chi connectivity index (χ0v) is 15.4. The van der Waals surface area contributed by atoms with Crippen LogP contribution in [0, 0.1) is 13.8 Å². The Hall–Kier alpha value is -1.53. The molecular weight excluding hydrogens is 318 g/mol. The zero-order valence-electron chi connectivity index (χ0n) is 14.6. The van der Waals surface area contributed by atoms with Crippen molar-refractivity contribution in [3.63, 3.8) is 0 Å². The Kier molecular flexibility index (Phi) is 4.50. The van der Waals surface area contributed by atoms with Gasteiger partial charge < -0.3 is 4.90 Å². The third kappa shape index (κ3) is 3.30. The average molecular weight is 344 g/mol. The van der Waals surface area contributed by atoms with Crippen molar-refractivity contribution in [2.75, 3.05) is 31.1 Å². The summed E-state index contributed by atoms with van der Waals surface area (Å²) in [6.45, 7) is 9.43. The minimum Gasteiger partial charge on any atom is -0.354 e. The number of hydrogen-bond acceptors (Lipinski definition) is 6. The fourth-order valence-corrected chi connectivity index (χ4v) is 4.61. The Morgan fingerprint density at radius 3 is 2.58 bits per heavy atom. The van der Waals surface area contributed by atoms with Crippen LogP contribution in [-0.2, 0) is 19.4 Å². The van der Waals surface area contributed by atoms with Gasteiger partial charge in [0.2, 0.25) is 0 Å². The van der Waals surface area contributed by atoms with E-state index in [1.54, 1.807) is 0 Å². The van der Waals surface area contributed by atoms with Crippen LogP contribution in [0.15, 0.2) is 6.20 Å². The van der Waals surface area contributed by atoms with E-state index < -0.39 is 0 Å². The number of thiazole rings is 1. The van der Waals surface area contributed by atoms with Gasteiger partial charge in [0.05, 0.1) is 5.01 Å². The number of anilines is 1. The molecule has 0 amide bonds. The summed E-state index contributed by atoms with van der Waals surface area (Å²) in [6, 6.07) is 0.